The standard InChI is InChI=1S/C31H34FN7O2S/c1-20(32)30(40)39-16-15-38(18-22(39)12-13-33)29-25-10-11-26(24-9-3-6-21-7-5-17-42-27(21)24)34-28(25)35-31(36-29)41-19-23-8-4-14-37(23)2/h3,6,9-11,22-23H,1,4-5,7-8,12,14-19H2,2H3/t22-,23-/m0/s1. The molecule has 3 aliphatic rings. The second-order valence-corrected chi connectivity index (χ2v) is 12.2. The van der Waals surface area contributed by atoms with E-state index in [4.69, 9.17) is 19.7 Å². The Bertz CT molecular complexity index is 1560. The fourth-order valence-corrected chi connectivity index (χ4v) is 7.31. The third-order valence-corrected chi connectivity index (χ3v) is 9.67. The summed E-state index contributed by atoms with van der Waals surface area (Å²) in [5.74, 6) is -0.0784. The lowest BCUT2D eigenvalue weighted by atomic mass is 10.0. The number of hydrogen-bond donors (Lipinski definition) is 0. The molecule has 5 heterocycles. The van der Waals surface area contributed by atoms with Crippen molar-refractivity contribution in [3.05, 3.63) is 48.3 Å². The first-order valence-corrected chi connectivity index (χ1v) is 15.5. The molecular formula is C31H34FN7O2S. The average Bonchev–Trinajstić information content (AvgIpc) is 3.43. The highest BCUT2D eigenvalue weighted by atomic mass is 32.2. The number of aryl methyl sites for hydroxylation is 1. The zero-order chi connectivity index (χ0) is 29.2. The van der Waals surface area contributed by atoms with Crippen LogP contribution >= 0.6 is 11.8 Å². The summed E-state index contributed by atoms with van der Waals surface area (Å²) in [5.41, 5.74) is 3.82. The Morgan fingerprint density at radius 2 is 2.05 bits per heavy atom. The minimum atomic E-state index is -1.02. The van der Waals surface area contributed by atoms with Gasteiger partial charge in [0.1, 0.15) is 12.4 Å². The van der Waals surface area contributed by atoms with Crippen molar-refractivity contribution in [2.75, 3.05) is 50.5 Å². The zero-order valence-electron chi connectivity index (χ0n) is 23.8. The van der Waals surface area contributed by atoms with Gasteiger partial charge in [0.05, 0.1) is 29.6 Å². The van der Waals surface area contributed by atoms with E-state index in [2.05, 4.69) is 42.8 Å². The maximum Gasteiger partial charge on any atom is 0.320 e. The molecule has 0 aliphatic carbocycles. The van der Waals surface area contributed by atoms with Crippen molar-refractivity contribution in [2.24, 2.45) is 0 Å². The molecule has 0 bridgehead atoms. The SMILES string of the molecule is C=C(F)C(=O)N1CCN(c2nc(OC[C@@H]3CCCN3C)nc3nc(-c4cccc5c4SCCC5)ccc23)C[C@@H]1CC#N. The van der Waals surface area contributed by atoms with E-state index >= 15 is 0 Å². The maximum absolute atomic E-state index is 13.8. The summed E-state index contributed by atoms with van der Waals surface area (Å²) >= 11 is 1.87. The van der Waals surface area contributed by atoms with E-state index in [1.54, 1.807) is 0 Å². The molecule has 9 nitrogen and oxygen atoms in total. The number of likely N-dealkylation sites (N-methyl/N-ethyl adjacent to an activating group) is 1. The molecule has 3 aliphatic heterocycles. The molecule has 0 N–H and O–H groups in total. The van der Waals surface area contributed by atoms with E-state index in [1.165, 1.54) is 21.8 Å². The first-order valence-electron chi connectivity index (χ1n) is 14.5. The second kappa shape index (κ2) is 12.2. The summed E-state index contributed by atoms with van der Waals surface area (Å²) in [7, 11) is 2.10. The summed E-state index contributed by atoms with van der Waals surface area (Å²) < 4.78 is 20.0. The number of likely N-dealkylation sites (tertiary alicyclic amines) is 1. The lowest BCUT2D eigenvalue weighted by molar-refractivity contribution is -0.131. The molecule has 0 unspecified atom stereocenters. The van der Waals surface area contributed by atoms with Gasteiger partial charge in [0, 0.05) is 36.1 Å². The number of rotatable bonds is 7. The summed E-state index contributed by atoms with van der Waals surface area (Å²) in [4.78, 5) is 34.1. The van der Waals surface area contributed by atoms with Gasteiger partial charge < -0.3 is 19.4 Å². The Labute approximate surface area is 249 Å². The number of carbonyl (C=O) groups excluding carboxylic acids is 1. The lowest BCUT2D eigenvalue weighted by Crippen LogP contribution is -2.55. The monoisotopic (exact) mass is 587 g/mol. The first kappa shape index (κ1) is 28.4. The summed E-state index contributed by atoms with van der Waals surface area (Å²) in [6.07, 6.45) is 4.49. The molecule has 0 radical (unpaired) electrons. The van der Waals surface area contributed by atoms with Crippen LogP contribution in [0.2, 0.25) is 0 Å². The molecule has 2 atom stereocenters. The number of nitriles is 1. The van der Waals surface area contributed by atoms with Crippen LogP contribution in [0.25, 0.3) is 22.3 Å². The molecule has 11 heteroatoms. The summed E-state index contributed by atoms with van der Waals surface area (Å²) in [5, 5.41) is 10.2. The van der Waals surface area contributed by atoms with Crippen molar-refractivity contribution in [3.63, 3.8) is 0 Å². The van der Waals surface area contributed by atoms with Crippen molar-refractivity contribution >= 4 is 34.5 Å². The van der Waals surface area contributed by atoms with Crippen molar-refractivity contribution in [1.29, 1.82) is 5.26 Å². The van der Waals surface area contributed by atoms with Crippen LogP contribution in [0.1, 0.15) is 31.2 Å². The largest absolute Gasteiger partial charge is 0.462 e. The van der Waals surface area contributed by atoms with Crippen LogP contribution in [0.15, 0.2) is 47.6 Å². The van der Waals surface area contributed by atoms with E-state index in [-0.39, 0.29) is 19.0 Å². The minimum absolute atomic E-state index is 0.0646. The number of anilines is 1. The van der Waals surface area contributed by atoms with Crippen molar-refractivity contribution in [3.8, 4) is 23.3 Å². The molecule has 2 fully saturated rings. The van der Waals surface area contributed by atoms with Gasteiger partial charge in [0.2, 0.25) is 0 Å². The Hall–Kier alpha value is -3.75. The Morgan fingerprint density at radius 1 is 1.17 bits per heavy atom. The summed E-state index contributed by atoms with van der Waals surface area (Å²) in [6, 6.07) is 12.6. The van der Waals surface area contributed by atoms with E-state index in [0.29, 0.717) is 37.2 Å². The molecular weight excluding hydrogens is 553 g/mol. The third-order valence-electron chi connectivity index (χ3n) is 8.41. The number of pyridine rings is 1. The van der Waals surface area contributed by atoms with Gasteiger partial charge >= 0.3 is 6.01 Å². The number of nitrogens with zero attached hydrogens (tertiary/aromatic N) is 7. The second-order valence-electron chi connectivity index (χ2n) is 11.1. The van der Waals surface area contributed by atoms with Crippen LogP contribution in [0, 0.1) is 11.3 Å². The van der Waals surface area contributed by atoms with Crippen LogP contribution < -0.4 is 9.64 Å². The molecule has 42 heavy (non-hydrogen) atoms. The van der Waals surface area contributed by atoms with Gasteiger partial charge in [0.15, 0.2) is 11.5 Å². The number of ether oxygens (including phenoxy) is 1. The lowest BCUT2D eigenvalue weighted by Gasteiger charge is -2.41. The molecule has 6 rings (SSSR count). The number of benzene rings is 1. The van der Waals surface area contributed by atoms with E-state index in [1.807, 2.05) is 28.8 Å². The van der Waals surface area contributed by atoms with Gasteiger partial charge in [-0.15, -0.1) is 11.8 Å². The van der Waals surface area contributed by atoms with E-state index in [9.17, 15) is 14.4 Å². The average molecular weight is 588 g/mol. The number of halogens is 1. The number of hydrogen-bond acceptors (Lipinski definition) is 9. The van der Waals surface area contributed by atoms with Gasteiger partial charge in [-0.2, -0.15) is 15.2 Å². The fraction of sp³-hybridized carbons (Fsp3) is 0.452. The first-order chi connectivity index (χ1) is 20.4. The van der Waals surface area contributed by atoms with Gasteiger partial charge in [-0.05, 0) is 62.7 Å². The van der Waals surface area contributed by atoms with Crippen molar-refractivity contribution < 1.29 is 13.9 Å². The minimum Gasteiger partial charge on any atom is -0.462 e. The number of piperazine rings is 1. The molecule has 2 saturated heterocycles. The molecule has 1 aromatic carbocycles. The predicted octanol–water partition coefficient (Wildman–Crippen LogP) is 4.62. The molecule has 2 aromatic heterocycles. The topological polar surface area (TPSA) is 98.5 Å². The van der Waals surface area contributed by atoms with Crippen LogP contribution in [0.4, 0.5) is 10.2 Å². The smallest absolute Gasteiger partial charge is 0.320 e. The van der Waals surface area contributed by atoms with Crippen molar-refractivity contribution in [1.82, 2.24) is 24.8 Å². The zero-order valence-corrected chi connectivity index (χ0v) is 24.6. The number of fused-ring (bicyclic) bond motifs is 2. The van der Waals surface area contributed by atoms with Gasteiger partial charge in [0.25, 0.3) is 5.91 Å². The highest BCUT2D eigenvalue weighted by Crippen LogP contribution is 2.39. The van der Waals surface area contributed by atoms with Crippen LogP contribution in [-0.2, 0) is 11.2 Å². The predicted molar refractivity (Wildman–Crippen MR) is 161 cm³/mol. The van der Waals surface area contributed by atoms with E-state index < -0.39 is 17.8 Å². The normalized spacial score (nSPS) is 20.8. The van der Waals surface area contributed by atoms with Gasteiger partial charge in [-0.25, -0.2) is 9.37 Å². The summed E-state index contributed by atoms with van der Waals surface area (Å²) in [6.45, 7) is 5.64. The van der Waals surface area contributed by atoms with Crippen molar-refractivity contribution in [2.45, 2.75) is 49.1 Å². The van der Waals surface area contributed by atoms with Crippen LogP contribution in [0.3, 0.4) is 0 Å². The Kier molecular flexibility index (Phi) is 8.27. The molecule has 218 valence electrons. The molecule has 0 saturated carbocycles. The number of carbonyl (C=O) groups is 1. The fourth-order valence-electron chi connectivity index (χ4n) is 6.13. The highest BCUT2D eigenvalue weighted by Gasteiger charge is 2.33. The Morgan fingerprint density at radius 3 is 2.83 bits per heavy atom. The number of aromatic nitrogens is 3. The van der Waals surface area contributed by atoms with Crippen LogP contribution in [-0.4, -0.2) is 88.3 Å². The Balaban J connectivity index is 1.38. The quantitative estimate of drug-likeness (QED) is 0.367. The number of thioether (sulfide) groups is 1. The van der Waals surface area contributed by atoms with Gasteiger partial charge in [-0.3, -0.25) is 4.79 Å². The van der Waals surface area contributed by atoms with Gasteiger partial charge in [-0.1, -0.05) is 24.8 Å². The molecule has 1 amide bonds. The third kappa shape index (κ3) is 5.65. The maximum atomic E-state index is 13.8. The van der Waals surface area contributed by atoms with Crippen LogP contribution in [0.5, 0.6) is 6.01 Å². The molecule has 3 aromatic rings. The highest BCUT2D eigenvalue weighted by molar-refractivity contribution is 7.99. The molecule has 0 spiro atoms. The number of amides is 1. The van der Waals surface area contributed by atoms with E-state index in [0.717, 1.165) is 48.2 Å².